The highest BCUT2D eigenvalue weighted by molar-refractivity contribution is 6.09. The molecule has 0 aliphatic heterocycles. The van der Waals surface area contributed by atoms with Crippen molar-refractivity contribution in [3.63, 3.8) is 0 Å². The monoisotopic (exact) mass is 210 g/mol. The molecule has 1 fully saturated rings. The predicted molar refractivity (Wildman–Crippen MR) is 56.4 cm³/mol. The van der Waals surface area contributed by atoms with Crippen molar-refractivity contribution in [1.29, 1.82) is 0 Å². The molecule has 0 spiro atoms. The van der Waals surface area contributed by atoms with Gasteiger partial charge in [0, 0.05) is 18.8 Å². The van der Waals surface area contributed by atoms with E-state index in [1.165, 1.54) is 0 Å². The second-order valence-corrected chi connectivity index (χ2v) is 4.47. The second kappa shape index (κ2) is 5.19. The van der Waals surface area contributed by atoms with E-state index in [9.17, 15) is 14.4 Å². The lowest BCUT2D eigenvalue weighted by Gasteiger charge is -2.06. The lowest BCUT2D eigenvalue weighted by molar-refractivity contribution is -0.128. The summed E-state index contributed by atoms with van der Waals surface area (Å²) >= 11 is 0. The molecule has 0 bridgehead atoms. The molecule has 1 aliphatic carbocycles. The van der Waals surface area contributed by atoms with Crippen LogP contribution in [-0.2, 0) is 14.4 Å². The highest BCUT2D eigenvalue weighted by atomic mass is 16.2. The minimum atomic E-state index is -0.369. The summed E-state index contributed by atoms with van der Waals surface area (Å²) in [6.07, 6.45) is 3.20. The largest absolute Gasteiger partial charge is 0.300 e. The summed E-state index contributed by atoms with van der Waals surface area (Å²) in [6.45, 7) is 3.38. The first kappa shape index (κ1) is 12.1. The third kappa shape index (κ3) is 3.26. The molecule has 84 valence electrons. The van der Waals surface area contributed by atoms with Crippen molar-refractivity contribution in [2.75, 3.05) is 0 Å². The first-order valence-electron chi connectivity index (χ1n) is 5.58. The van der Waals surface area contributed by atoms with E-state index in [-0.39, 0.29) is 29.2 Å². The van der Waals surface area contributed by atoms with Gasteiger partial charge in [-0.15, -0.1) is 0 Å². The molecule has 1 saturated carbocycles. The molecular weight excluding hydrogens is 192 g/mol. The van der Waals surface area contributed by atoms with Gasteiger partial charge in [-0.1, -0.05) is 13.3 Å². The molecule has 0 radical (unpaired) electrons. The van der Waals surface area contributed by atoms with Gasteiger partial charge in [0.1, 0.15) is 17.3 Å². The Morgan fingerprint density at radius 2 is 2.00 bits per heavy atom. The van der Waals surface area contributed by atoms with Crippen LogP contribution in [0, 0.1) is 11.8 Å². The standard InChI is InChI=1S/C12H18O3/c1-8-7-11(14)10(12(8)15)6-4-3-5-9(2)13/h8,10H,3-7H2,1-2H3. The van der Waals surface area contributed by atoms with Gasteiger partial charge in [-0.2, -0.15) is 0 Å². The summed E-state index contributed by atoms with van der Waals surface area (Å²) in [5, 5.41) is 0. The van der Waals surface area contributed by atoms with E-state index in [1.54, 1.807) is 6.92 Å². The average Bonchev–Trinajstić information content (AvgIpc) is 2.37. The lowest BCUT2D eigenvalue weighted by atomic mass is 9.96. The van der Waals surface area contributed by atoms with Gasteiger partial charge in [0.2, 0.25) is 0 Å². The Bertz CT molecular complexity index is 281. The zero-order valence-electron chi connectivity index (χ0n) is 9.41. The molecule has 0 aromatic rings. The maximum absolute atomic E-state index is 11.6. The van der Waals surface area contributed by atoms with Gasteiger partial charge in [-0.25, -0.2) is 0 Å². The van der Waals surface area contributed by atoms with Gasteiger partial charge in [0.15, 0.2) is 0 Å². The number of rotatable bonds is 5. The Labute approximate surface area is 90.2 Å². The molecule has 0 aromatic heterocycles. The molecule has 0 amide bonds. The van der Waals surface area contributed by atoms with Gasteiger partial charge < -0.3 is 4.79 Å². The van der Waals surface area contributed by atoms with E-state index in [4.69, 9.17) is 0 Å². The fourth-order valence-electron chi connectivity index (χ4n) is 2.07. The van der Waals surface area contributed by atoms with Crippen LogP contribution in [0.15, 0.2) is 0 Å². The van der Waals surface area contributed by atoms with Crippen LogP contribution in [-0.4, -0.2) is 17.3 Å². The van der Waals surface area contributed by atoms with E-state index in [0.29, 0.717) is 19.3 Å². The molecule has 15 heavy (non-hydrogen) atoms. The van der Waals surface area contributed by atoms with Crippen LogP contribution in [0.25, 0.3) is 0 Å². The highest BCUT2D eigenvalue weighted by Gasteiger charge is 2.37. The maximum atomic E-state index is 11.6. The van der Waals surface area contributed by atoms with Gasteiger partial charge in [0.05, 0.1) is 5.92 Å². The number of hydrogen-bond acceptors (Lipinski definition) is 3. The molecule has 0 saturated heterocycles. The topological polar surface area (TPSA) is 51.2 Å². The summed E-state index contributed by atoms with van der Waals surface area (Å²) in [6, 6.07) is 0. The van der Waals surface area contributed by atoms with E-state index in [2.05, 4.69) is 0 Å². The molecule has 0 aromatic carbocycles. The van der Waals surface area contributed by atoms with Gasteiger partial charge >= 0.3 is 0 Å². The van der Waals surface area contributed by atoms with Crippen LogP contribution in [0.1, 0.15) is 46.0 Å². The minimum absolute atomic E-state index is 0.0877. The van der Waals surface area contributed by atoms with Crippen molar-refractivity contribution in [3.05, 3.63) is 0 Å². The van der Waals surface area contributed by atoms with Crippen LogP contribution in [0.4, 0.5) is 0 Å². The van der Waals surface area contributed by atoms with Crippen LogP contribution in [0.5, 0.6) is 0 Å². The van der Waals surface area contributed by atoms with E-state index in [0.717, 1.165) is 12.8 Å². The van der Waals surface area contributed by atoms with Crippen molar-refractivity contribution >= 4 is 17.3 Å². The van der Waals surface area contributed by atoms with Crippen molar-refractivity contribution in [2.24, 2.45) is 11.8 Å². The molecular formula is C12H18O3. The lowest BCUT2D eigenvalue weighted by Crippen LogP contribution is -2.16. The van der Waals surface area contributed by atoms with Crippen LogP contribution in [0.3, 0.4) is 0 Å². The van der Waals surface area contributed by atoms with E-state index in [1.807, 2.05) is 6.92 Å². The predicted octanol–water partition coefficient (Wildman–Crippen LogP) is 1.93. The van der Waals surface area contributed by atoms with E-state index >= 15 is 0 Å². The maximum Gasteiger partial charge on any atom is 0.146 e. The fraction of sp³-hybridized carbons (Fsp3) is 0.750. The molecule has 1 aliphatic rings. The van der Waals surface area contributed by atoms with Gasteiger partial charge in [-0.05, 0) is 19.8 Å². The smallest absolute Gasteiger partial charge is 0.146 e. The Balaban J connectivity index is 2.29. The van der Waals surface area contributed by atoms with Crippen LogP contribution in [0.2, 0.25) is 0 Å². The Hall–Kier alpha value is -0.990. The molecule has 3 nitrogen and oxygen atoms in total. The van der Waals surface area contributed by atoms with Crippen molar-refractivity contribution in [2.45, 2.75) is 46.0 Å². The fourth-order valence-corrected chi connectivity index (χ4v) is 2.07. The molecule has 3 heteroatoms. The number of hydrogen-bond donors (Lipinski definition) is 0. The summed E-state index contributed by atoms with van der Waals surface area (Å²) in [7, 11) is 0. The highest BCUT2D eigenvalue weighted by Crippen LogP contribution is 2.27. The molecule has 0 N–H and O–H groups in total. The minimum Gasteiger partial charge on any atom is -0.300 e. The molecule has 2 atom stereocenters. The Kier molecular flexibility index (Phi) is 4.18. The zero-order chi connectivity index (χ0) is 11.4. The molecule has 1 rings (SSSR count). The normalized spacial score (nSPS) is 26.0. The van der Waals surface area contributed by atoms with Gasteiger partial charge in [-0.3, -0.25) is 9.59 Å². The number of unbranched alkanes of at least 4 members (excludes halogenated alkanes) is 1. The number of carbonyl (C=O) groups is 3. The van der Waals surface area contributed by atoms with Crippen molar-refractivity contribution in [3.8, 4) is 0 Å². The third-order valence-electron chi connectivity index (χ3n) is 3.00. The Morgan fingerprint density at radius 3 is 2.47 bits per heavy atom. The van der Waals surface area contributed by atoms with Crippen molar-refractivity contribution in [1.82, 2.24) is 0 Å². The average molecular weight is 210 g/mol. The first-order valence-corrected chi connectivity index (χ1v) is 5.58. The SMILES string of the molecule is CC(=O)CCCCC1C(=O)CC(C)C1=O. The Morgan fingerprint density at radius 1 is 1.33 bits per heavy atom. The number of Topliss-reactive ketones (excluding diaryl/α,β-unsaturated/α-hetero) is 3. The molecule has 0 heterocycles. The zero-order valence-corrected chi connectivity index (χ0v) is 9.41. The van der Waals surface area contributed by atoms with Crippen molar-refractivity contribution < 1.29 is 14.4 Å². The van der Waals surface area contributed by atoms with Crippen LogP contribution < -0.4 is 0 Å². The number of ketones is 3. The molecule has 2 unspecified atom stereocenters. The second-order valence-electron chi connectivity index (χ2n) is 4.47. The summed E-state index contributed by atoms with van der Waals surface area (Å²) < 4.78 is 0. The third-order valence-corrected chi connectivity index (χ3v) is 3.00. The van der Waals surface area contributed by atoms with Gasteiger partial charge in [0.25, 0.3) is 0 Å². The summed E-state index contributed by atoms with van der Waals surface area (Å²) in [5.74, 6) is -0.0899. The quantitative estimate of drug-likeness (QED) is 0.514. The van der Waals surface area contributed by atoms with Crippen LogP contribution >= 0.6 is 0 Å². The first-order chi connectivity index (χ1) is 7.02. The summed E-state index contributed by atoms with van der Waals surface area (Å²) in [4.78, 5) is 33.7. The number of carbonyl (C=O) groups excluding carboxylic acids is 3. The van der Waals surface area contributed by atoms with E-state index < -0.39 is 0 Å². The summed E-state index contributed by atoms with van der Waals surface area (Å²) in [5.41, 5.74) is 0.